The number of nitrogens with zero attached hydrogens (tertiary/aromatic N) is 2. The number of anilines is 1. The zero-order valence-corrected chi connectivity index (χ0v) is 17.0. The van der Waals surface area contributed by atoms with Gasteiger partial charge in [-0.05, 0) is 42.0 Å². The van der Waals surface area contributed by atoms with Crippen LogP contribution in [0.25, 0.3) is 11.1 Å². The number of halogens is 1. The third-order valence-electron chi connectivity index (χ3n) is 4.26. The first-order valence-corrected chi connectivity index (χ1v) is 9.19. The number of hydrogen-bond donors (Lipinski definition) is 1. The molecule has 0 saturated heterocycles. The number of pyridine rings is 1. The van der Waals surface area contributed by atoms with Gasteiger partial charge in [-0.1, -0.05) is 23.7 Å². The molecule has 0 aliphatic carbocycles. The second-order valence-electron chi connectivity index (χ2n) is 6.54. The summed E-state index contributed by atoms with van der Waals surface area (Å²) in [6.45, 7) is 0. The maximum Gasteiger partial charge on any atom is 0.255 e. The van der Waals surface area contributed by atoms with E-state index in [-0.39, 0.29) is 11.8 Å². The van der Waals surface area contributed by atoms with E-state index in [4.69, 9.17) is 16.3 Å². The Bertz CT molecular complexity index is 1070. The first-order chi connectivity index (χ1) is 13.9. The molecule has 0 spiro atoms. The van der Waals surface area contributed by atoms with Gasteiger partial charge in [0.1, 0.15) is 5.75 Å². The molecule has 0 saturated carbocycles. The summed E-state index contributed by atoms with van der Waals surface area (Å²) in [5, 5.41) is 3.31. The van der Waals surface area contributed by atoms with Crippen molar-refractivity contribution in [2.24, 2.45) is 0 Å². The summed E-state index contributed by atoms with van der Waals surface area (Å²) in [6, 6.07) is 13.8. The number of hydrogen-bond acceptors (Lipinski definition) is 4. The molecule has 2 amide bonds. The van der Waals surface area contributed by atoms with Crippen LogP contribution >= 0.6 is 11.6 Å². The highest BCUT2D eigenvalue weighted by molar-refractivity contribution is 6.31. The Morgan fingerprint density at radius 3 is 2.48 bits per heavy atom. The van der Waals surface area contributed by atoms with Crippen LogP contribution in [0.1, 0.15) is 20.7 Å². The van der Waals surface area contributed by atoms with E-state index in [0.717, 1.165) is 11.1 Å². The molecule has 3 aromatic rings. The second kappa shape index (κ2) is 8.75. The van der Waals surface area contributed by atoms with Crippen molar-refractivity contribution in [2.45, 2.75) is 0 Å². The molecule has 0 radical (unpaired) electrons. The van der Waals surface area contributed by atoms with Crippen LogP contribution in [0.3, 0.4) is 0 Å². The number of aromatic nitrogens is 1. The first kappa shape index (κ1) is 20.4. The van der Waals surface area contributed by atoms with Crippen LogP contribution in [-0.4, -0.2) is 42.9 Å². The van der Waals surface area contributed by atoms with Crippen LogP contribution in [0.15, 0.2) is 60.9 Å². The van der Waals surface area contributed by atoms with E-state index < -0.39 is 0 Å². The van der Waals surface area contributed by atoms with Crippen LogP contribution in [0, 0.1) is 0 Å². The number of carbonyl (C=O) groups excluding carboxylic acids is 2. The fourth-order valence-electron chi connectivity index (χ4n) is 2.79. The molecule has 6 nitrogen and oxygen atoms in total. The van der Waals surface area contributed by atoms with Crippen LogP contribution in [0.2, 0.25) is 5.02 Å². The number of rotatable bonds is 5. The van der Waals surface area contributed by atoms with Crippen molar-refractivity contribution < 1.29 is 14.3 Å². The quantitative estimate of drug-likeness (QED) is 0.679. The Kier molecular flexibility index (Phi) is 6.14. The lowest BCUT2D eigenvalue weighted by atomic mass is 10.0. The molecule has 1 heterocycles. The average Bonchev–Trinajstić information content (AvgIpc) is 2.73. The molecule has 148 valence electrons. The normalized spacial score (nSPS) is 10.3. The maximum atomic E-state index is 12.8. The van der Waals surface area contributed by atoms with Gasteiger partial charge in [0.15, 0.2) is 0 Å². The monoisotopic (exact) mass is 409 g/mol. The predicted molar refractivity (Wildman–Crippen MR) is 114 cm³/mol. The van der Waals surface area contributed by atoms with Crippen LogP contribution < -0.4 is 10.1 Å². The fraction of sp³-hybridized carbons (Fsp3) is 0.136. The molecule has 0 atom stereocenters. The van der Waals surface area contributed by atoms with Crippen LogP contribution in [-0.2, 0) is 0 Å². The van der Waals surface area contributed by atoms with Crippen molar-refractivity contribution in [3.8, 4) is 16.9 Å². The van der Waals surface area contributed by atoms with Gasteiger partial charge in [0.2, 0.25) is 0 Å². The van der Waals surface area contributed by atoms with Gasteiger partial charge in [0.25, 0.3) is 11.8 Å². The lowest BCUT2D eigenvalue weighted by Crippen LogP contribution is -2.21. The van der Waals surface area contributed by atoms with E-state index in [1.807, 2.05) is 6.07 Å². The topological polar surface area (TPSA) is 71.5 Å². The minimum absolute atomic E-state index is 0.138. The highest BCUT2D eigenvalue weighted by Crippen LogP contribution is 2.28. The van der Waals surface area contributed by atoms with Gasteiger partial charge >= 0.3 is 0 Å². The Morgan fingerprint density at radius 1 is 1.00 bits per heavy atom. The van der Waals surface area contributed by atoms with Crippen molar-refractivity contribution in [3.63, 3.8) is 0 Å². The van der Waals surface area contributed by atoms with E-state index in [1.54, 1.807) is 62.8 Å². The maximum absolute atomic E-state index is 12.8. The predicted octanol–water partition coefficient (Wildman–Crippen LogP) is 4.36. The number of carbonyl (C=O) groups is 2. The zero-order chi connectivity index (χ0) is 21.0. The van der Waals surface area contributed by atoms with Crippen LogP contribution in [0.4, 0.5) is 5.69 Å². The number of amides is 2. The van der Waals surface area contributed by atoms with Crippen molar-refractivity contribution in [3.05, 3.63) is 77.1 Å². The zero-order valence-electron chi connectivity index (χ0n) is 16.3. The smallest absolute Gasteiger partial charge is 0.255 e. The standard InChI is InChI=1S/C22H20ClN3O3/c1-26(2)22(28)17-10-16(12-24-13-17)14-5-4-6-15(9-14)21(27)25-19-11-18(23)7-8-20(19)29-3/h4-13H,1-3H3,(H,25,27). The lowest BCUT2D eigenvalue weighted by Gasteiger charge is -2.12. The molecule has 0 bridgehead atoms. The summed E-state index contributed by atoms with van der Waals surface area (Å²) >= 11 is 6.03. The lowest BCUT2D eigenvalue weighted by molar-refractivity contribution is 0.0827. The Labute approximate surface area is 174 Å². The van der Waals surface area contributed by atoms with Crippen molar-refractivity contribution in [2.75, 3.05) is 26.5 Å². The SMILES string of the molecule is COc1ccc(Cl)cc1NC(=O)c1cccc(-c2cncc(C(=O)N(C)C)c2)c1. The van der Waals surface area contributed by atoms with Crippen LogP contribution in [0.5, 0.6) is 5.75 Å². The van der Waals surface area contributed by atoms with E-state index in [1.165, 1.54) is 18.2 Å². The third kappa shape index (κ3) is 4.73. The number of methoxy groups -OCH3 is 1. The molecule has 1 N–H and O–H groups in total. The van der Waals surface area contributed by atoms with Gasteiger partial charge in [-0.2, -0.15) is 0 Å². The minimum Gasteiger partial charge on any atom is -0.495 e. The fourth-order valence-corrected chi connectivity index (χ4v) is 2.96. The Balaban J connectivity index is 1.89. The van der Waals surface area contributed by atoms with Gasteiger partial charge in [0, 0.05) is 42.6 Å². The van der Waals surface area contributed by atoms with E-state index in [9.17, 15) is 9.59 Å². The summed E-state index contributed by atoms with van der Waals surface area (Å²) in [4.78, 5) is 30.6. The highest BCUT2D eigenvalue weighted by atomic mass is 35.5. The summed E-state index contributed by atoms with van der Waals surface area (Å²) in [6.07, 6.45) is 3.18. The summed E-state index contributed by atoms with van der Waals surface area (Å²) in [5.41, 5.74) is 2.93. The summed E-state index contributed by atoms with van der Waals surface area (Å²) < 4.78 is 5.27. The van der Waals surface area contributed by atoms with Crippen molar-refractivity contribution in [1.82, 2.24) is 9.88 Å². The van der Waals surface area contributed by atoms with E-state index >= 15 is 0 Å². The molecular formula is C22H20ClN3O3. The molecule has 2 aromatic carbocycles. The molecular weight excluding hydrogens is 390 g/mol. The Hall–Kier alpha value is -3.38. The molecule has 7 heteroatoms. The molecule has 0 unspecified atom stereocenters. The summed E-state index contributed by atoms with van der Waals surface area (Å²) in [5.74, 6) is 0.0696. The number of benzene rings is 2. The largest absolute Gasteiger partial charge is 0.495 e. The first-order valence-electron chi connectivity index (χ1n) is 8.81. The molecule has 1 aromatic heterocycles. The van der Waals surface area contributed by atoms with Gasteiger partial charge < -0.3 is 15.0 Å². The van der Waals surface area contributed by atoms with Gasteiger partial charge in [0.05, 0.1) is 18.4 Å². The second-order valence-corrected chi connectivity index (χ2v) is 6.98. The number of ether oxygens (including phenoxy) is 1. The molecule has 0 aliphatic rings. The molecule has 0 aliphatic heterocycles. The summed E-state index contributed by atoms with van der Waals surface area (Å²) in [7, 11) is 4.89. The van der Waals surface area contributed by atoms with Crippen molar-refractivity contribution in [1.29, 1.82) is 0 Å². The molecule has 3 rings (SSSR count). The molecule has 0 fully saturated rings. The van der Waals surface area contributed by atoms with Gasteiger partial charge in [-0.3, -0.25) is 14.6 Å². The van der Waals surface area contributed by atoms with Crippen molar-refractivity contribution >= 4 is 29.1 Å². The Morgan fingerprint density at radius 2 is 1.76 bits per heavy atom. The average molecular weight is 410 g/mol. The highest BCUT2D eigenvalue weighted by Gasteiger charge is 2.13. The molecule has 29 heavy (non-hydrogen) atoms. The van der Waals surface area contributed by atoms with E-state index in [0.29, 0.717) is 27.6 Å². The van der Waals surface area contributed by atoms with Gasteiger partial charge in [-0.15, -0.1) is 0 Å². The van der Waals surface area contributed by atoms with Gasteiger partial charge in [-0.25, -0.2) is 0 Å². The third-order valence-corrected chi connectivity index (χ3v) is 4.49. The minimum atomic E-state index is -0.305. The van der Waals surface area contributed by atoms with E-state index in [2.05, 4.69) is 10.3 Å². The number of nitrogens with one attached hydrogen (secondary N) is 1.